The van der Waals surface area contributed by atoms with E-state index in [0.29, 0.717) is 36.4 Å². The van der Waals surface area contributed by atoms with Crippen LogP contribution in [0, 0.1) is 40.9 Å². The molecule has 4 aliphatic carbocycles. The quantitative estimate of drug-likeness (QED) is 0.220. The molecule has 9 nitrogen and oxygen atoms in total. The van der Waals surface area contributed by atoms with Crippen molar-refractivity contribution < 1.29 is 28.8 Å². The molecule has 1 aliphatic heterocycles. The number of amides is 2. The van der Waals surface area contributed by atoms with E-state index in [1.165, 1.54) is 19.3 Å². The van der Waals surface area contributed by atoms with Crippen LogP contribution >= 0.6 is 0 Å². The molecule has 4 saturated carbocycles. The van der Waals surface area contributed by atoms with Crippen LogP contribution in [0.4, 0.5) is 0 Å². The Bertz CT molecular complexity index is 1310. The number of ketones is 4. The van der Waals surface area contributed by atoms with E-state index >= 15 is 0 Å². The van der Waals surface area contributed by atoms with Crippen LogP contribution in [0.2, 0.25) is 0 Å². The standard InChI is InChI=1S/C38H53N3O6/c1-24(2)30(36(46)32(42)10-11-35(45)41-14-12-40(4)13-15-41)19-33(43)25(3)39-37(47)31(20-34(44)29-8-6-5-7-9-29)38-21-26-16-27(22-38)18-28(17-26)23-38/h5-9,24-28,30-31H,10-23H2,1-4H3,(H,39,47)/t25-,26?,27?,28?,30-,31+,38?/m0/s1. The van der Waals surface area contributed by atoms with Crippen molar-refractivity contribution in [3.63, 3.8) is 0 Å². The molecule has 4 bridgehead atoms. The molecule has 3 atom stereocenters. The Kier molecular flexibility index (Phi) is 11.1. The SMILES string of the molecule is CC(C)[C@H](CC(=O)[C@H](C)NC(=O)[C@@H](CC(=O)c1ccccc1)C12CC3CC(CC(C3)C1)C2)C(=O)C(=O)CCC(=O)N1CCN(C)CC1. The van der Waals surface area contributed by atoms with Crippen molar-refractivity contribution in [2.24, 2.45) is 40.9 Å². The summed E-state index contributed by atoms with van der Waals surface area (Å²) in [5.41, 5.74) is 0.350. The first-order valence-corrected chi connectivity index (χ1v) is 17.8. The van der Waals surface area contributed by atoms with Crippen LogP contribution in [0.1, 0.15) is 95.3 Å². The van der Waals surface area contributed by atoms with Crippen molar-refractivity contribution in [3.05, 3.63) is 35.9 Å². The van der Waals surface area contributed by atoms with Crippen LogP contribution in [-0.2, 0) is 24.0 Å². The van der Waals surface area contributed by atoms with Gasteiger partial charge in [0.25, 0.3) is 0 Å². The molecule has 5 fully saturated rings. The van der Waals surface area contributed by atoms with E-state index in [0.717, 1.165) is 32.4 Å². The van der Waals surface area contributed by atoms with Gasteiger partial charge in [-0.3, -0.25) is 28.8 Å². The predicted octanol–water partition coefficient (Wildman–Crippen LogP) is 4.52. The molecule has 0 unspecified atom stereocenters. The summed E-state index contributed by atoms with van der Waals surface area (Å²) in [4.78, 5) is 83.8. The van der Waals surface area contributed by atoms with Gasteiger partial charge in [-0.25, -0.2) is 0 Å². The van der Waals surface area contributed by atoms with Crippen molar-refractivity contribution in [1.82, 2.24) is 15.1 Å². The first kappa shape index (κ1) is 35.1. The molecule has 2 amide bonds. The highest BCUT2D eigenvalue weighted by atomic mass is 16.2. The Morgan fingerprint density at radius 3 is 1.94 bits per heavy atom. The van der Waals surface area contributed by atoms with E-state index < -0.39 is 29.4 Å². The molecule has 1 aromatic carbocycles. The van der Waals surface area contributed by atoms with Gasteiger partial charge in [0.05, 0.1) is 12.0 Å². The number of hydrogen-bond donors (Lipinski definition) is 1. The third-order valence-electron chi connectivity index (χ3n) is 11.7. The molecule has 1 saturated heterocycles. The zero-order valence-corrected chi connectivity index (χ0v) is 28.7. The molecule has 5 aliphatic rings. The van der Waals surface area contributed by atoms with Gasteiger partial charge in [-0.15, -0.1) is 0 Å². The summed E-state index contributed by atoms with van der Waals surface area (Å²) in [5.74, 6) is -1.87. The van der Waals surface area contributed by atoms with Crippen molar-refractivity contribution in [3.8, 4) is 0 Å². The number of nitrogens with zero attached hydrogens (tertiary/aromatic N) is 2. The first-order valence-electron chi connectivity index (χ1n) is 17.8. The van der Waals surface area contributed by atoms with Crippen LogP contribution in [-0.4, -0.2) is 84.0 Å². The molecule has 0 radical (unpaired) electrons. The molecular formula is C38H53N3O6. The smallest absolute Gasteiger partial charge is 0.224 e. The third-order valence-corrected chi connectivity index (χ3v) is 11.7. The highest BCUT2D eigenvalue weighted by molar-refractivity contribution is 6.38. The molecule has 47 heavy (non-hydrogen) atoms. The molecule has 9 heteroatoms. The Morgan fingerprint density at radius 2 is 1.38 bits per heavy atom. The highest BCUT2D eigenvalue weighted by Crippen LogP contribution is 2.63. The average Bonchev–Trinajstić information content (AvgIpc) is 3.04. The van der Waals surface area contributed by atoms with Crippen LogP contribution in [0.15, 0.2) is 30.3 Å². The maximum Gasteiger partial charge on any atom is 0.224 e. The van der Waals surface area contributed by atoms with Crippen molar-refractivity contribution in [1.29, 1.82) is 0 Å². The summed E-state index contributed by atoms with van der Waals surface area (Å²) in [6, 6.07) is 8.23. The summed E-state index contributed by atoms with van der Waals surface area (Å²) in [6.45, 7) is 8.01. The van der Waals surface area contributed by atoms with E-state index in [-0.39, 0.29) is 60.4 Å². The number of carbonyl (C=O) groups excluding carboxylic acids is 6. The van der Waals surface area contributed by atoms with Gasteiger partial charge in [0.2, 0.25) is 17.6 Å². The van der Waals surface area contributed by atoms with Gasteiger partial charge < -0.3 is 15.1 Å². The molecular weight excluding hydrogens is 594 g/mol. The normalized spacial score (nSPS) is 27.3. The molecule has 1 N–H and O–H groups in total. The largest absolute Gasteiger partial charge is 0.346 e. The number of carbonyl (C=O) groups is 6. The zero-order valence-electron chi connectivity index (χ0n) is 28.7. The minimum absolute atomic E-state index is 0.0209. The van der Waals surface area contributed by atoms with Gasteiger partial charge in [-0.2, -0.15) is 0 Å². The van der Waals surface area contributed by atoms with E-state index in [4.69, 9.17) is 0 Å². The zero-order chi connectivity index (χ0) is 33.9. The minimum atomic E-state index is -0.867. The lowest BCUT2D eigenvalue weighted by Crippen LogP contribution is -2.55. The first-order chi connectivity index (χ1) is 22.3. The van der Waals surface area contributed by atoms with Crippen LogP contribution < -0.4 is 5.32 Å². The fourth-order valence-electron chi connectivity index (χ4n) is 9.30. The van der Waals surface area contributed by atoms with E-state index in [1.54, 1.807) is 37.8 Å². The van der Waals surface area contributed by atoms with Gasteiger partial charge in [0.1, 0.15) is 0 Å². The molecule has 0 aromatic heterocycles. The predicted molar refractivity (Wildman–Crippen MR) is 178 cm³/mol. The Labute approximate surface area is 279 Å². The lowest BCUT2D eigenvalue weighted by Gasteiger charge is -2.59. The highest BCUT2D eigenvalue weighted by Gasteiger charge is 2.56. The molecule has 1 heterocycles. The van der Waals surface area contributed by atoms with Gasteiger partial charge in [0, 0.05) is 63.3 Å². The Morgan fingerprint density at radius 1 is 0.809 bits per heavy atom. The molecule has 1 aromatic rings. The second-order valence-electron chi connectivity index (χ2n) is 15.5. The monoisotopic (exact) mass is 647 g/mol. The fourth-order valence-corrected chi connectivity index (χ4v) is 9.30. The summed E-state index contributed by atoms with van der Waals surface area (Å²) < 4.78 is 0. The average molecular weight is 648 g/mol. The van der Waals surface area contributed by atoms with E-state index in [2.05, 4.69) is 10.2 Å². The maximum atomic E-state index is 14.1. The summed E-state index contributed by atoms with van der Waals surface area (Å²) in [5, 5.41) is 2.96. The van der Waals surface area contributed by atoms with Crippen LogP contribution in [0.3, 0.4) is 0 Å². The minimum Gasteiger partial charge on any atom is -0.346 e. The second kappa shape index (κ2) is 14.9. The summed E-state index contributed by atoms with van der Waals surface area (Å²) in [7, 11) is 2.00. The van der Waals surface area contributed by atoms with Gasteiger partial charge in [-0.1, -0.05) is 44.2 Å². The van der Waals surface area contributed by atoms with Gasteiger partial charge >= 0.3 is 0 Å². The fraction of sp³-hybridized carbons (Fsp3) is 0.684. The number of rotatable bonds is 15. The lowest BCUT2D eigenvalue weighted by atomic mass is 9.46. The summed E-state index contributed by atoms with van der Waals surface area (Å²) >= 11 is 0. The number of nitrogens with one attached hydrogen (secondary N) is 1. The number of Topliss-reactive ketones (excluding diaryl/α,β-unsaturated/α-hetero) is 4. The molecule has 6 rings (SSSR count). The van der Waals surface area contributed by atoms with Crippen molar-refractivity contribution in [2.45, 2.75) is 91.0 Å². The van der Waals surface area contributed by atoms with Gasteiger partial charge in [-0.05, 0) is 81.6 Å². The number of piperazine rings is 1. The molecule has 0 spiro atoms. The van der Waals surface area contributed by atoms with Crippen molar-refractivity contribution >= 4 is 34.9 Å². The number of hydrogen-bond acceptors (Lipinski definition) is 7. The van der Waals surface area contributed by atoms with E-state index in [1.807, 2.05) is 25.2 Å². The maximum absolute atomic E-state index is 14.1. The lowest BCUT2D eigenvalue weighted by molar-refractivity contribution is -0.144. The third kappa shape index (κ3) is 8.27. The second-order valence-corrected chi connectivity index (χ2v) is 15.5. The topological polar surface area (TPSA) is 121 Å². The van der Waals surface area contributed by atoms with Crippen LogP contribution in [0.5, 0.6) is 0 Å². The summed E-state index contributed by atoms with van der Waals surface area (Å²) in [6.07, 6.45) is 6.23. The number of benzene rings is 1. The number of likely N-dealkylation sites (N-methyl/N-ethyl adjacent to an activating group) is 1. The Balaban J connectivity index is 1.21. The van der Waals surface area contributed by atoms with E-state index in [9.17, 15) is 28.8 Å². The Hall–Kier alpha value is -3.20. The van der Waals surface area contributed by atoms with Gasteiger partial charge in [0.15, 0.2) is 17.3 Å². The van der Waals surface area contributed by atoms with Crippen LogP contribution in [0.25, 0.3) is 0 Å². The molecule has 256 valence electrons. The van der Waals surface area contributed by atoms with Crippen molar-refractivity contribution in [2.75, 3.05) is 33.2 Å².